The Labute approximate surface area is 110 Å². The molecule has 4 nitrogen and oxygen atoms in total. The highest BCUT2D eigenvalue weighted by molar-refractivity contribution is 6.30. The van der Waals surface area contributed by atoms with E-state index in [1.165, 1.54) is 0 Å². The fourth-order valence-corrected chi connectivity index (χ4v) is 1.88. The van der Waals surface area contributed by atoms with Crippen LogP contribution in [0.25, 0.3) is 0 Å². The number of halogens is 1. The number of aromatic amines is 1. The minimum absolute atomic E-state index is 0.0959. The number of aromatic nitrogens is 2. The molecule has 0 amide bonds. The van der Waals surface area contributed by atoms with Gasteiger partial charge < -0.3 is 5.32 Å². The molecule has 0 atom stereocenters. The average Bonchev–Trinajstić information content (AvgIpc) is 2.32. The van der Waals surface area contributed by atoms with E-state index in [1.54, 1.807) is 12.1 Å². The summed E-state index contributed by atoms with van der Waals surface area (Å²) in [5, 5.41) is 3.71. The first kappa shape index (κ1) is 12.6. The van der Waals surface area contributed by atoms with Crippen LogP contribution in [0.4, 0.5) is 11.6 Å². The number of hydrogen-bond acceptors (Lipinski definition) is 3. The second-order valence-corrected chi connectivity index (χ2v) is 4.40. The van der Waals surface area contributed by atoms with E-state index >= 15 is 0 Å². The van der Waals surface area contributed by atoms with Crippen LogP contribution in [-0.4, -0.2) is 9.97 Å². The van der Waals surface area contributed by atoms with Gasteiger partial charge in [-0.25, -0.2) is 4.98 Å². The molecule has 0 aliphatic carbocycles. The van der Waals surface area contributed by atoms with Crippen molar-refractivity contribution in [1.29, 1.82) is 0 Å². The monoisotopic (exact) mass is 263 g/mol. The average molecular weight is 264 g/mol. The Bertz CT molecular complexity index is 605. The molecule has 0 saturated carbocycles. The van der Waals surface area contributed by atoms with E-state index in [-0.39, 0.29) is 5.56 Å². The summed E-state index contributed by atoms with van der Waals surface area (Å²) in [5.74, 6) is 0.442. The summed E-state index contributed by atoms with van der Waals surface area (Å²) in [6.07, 6.45) is 0.676. The zero-order valence-electron chi connectivity index (χ0n) is 10.2. The molecule has 1 heterocycles. The zero-order valence-corrected chi connectivity index (χ0v) is 11.0. The molecule has 18 heavy (non-hydrogen) atoms. The molecule has 0 spiro atoms. The molecular formula is C13H14ClN3O. The molecule has 0 aliphatic rings. The number of nitrogens with one attached hydrogen (secondary N) is 2. The number of rotatable bonds is 3. The molecule has 0 unspecified atom stereocenters. The maximum atomic E-state index is 11.8. The molecule has 0 bridgehead atoms. The van der Waals surface area contributed by atoms with Crippen LogP contribution >= 0.6 is 11.6 Å². The van der Waals surface area contributed by atoms with Gasteiger partial charge in [0.2, 0.25) is 5.95 Å². The summed E-state index contributed by atoms with van der Waals surface area (Å²) < 4.78 is 0. The van der Waals surface area contributed by atoms with E-state index in [2.05, 4.69) is 15.3 Å². The summed E-state index contributed by atoms with van der Waals surface area (Å²) in [6, 6.07) is 7.20. The molecule has 0 aliphatic heterocycles. The van der Waals surface area contributed by atoms with Gasteiger partial charge in [-0.15, -0.1) is 0 Å². The van der Waals surface area contributed by atoms with Gasteiger partial charge in [0.05, 0.1) is 0 Å². The predicted molar refractivity (Wildman–Crippen MR) is 73.7 cm³/mol. The Morgan fingerprint density at radius 3 is 2.56 bits per heavy atom. The van der Waals surface area contributed by atoms with Crippen molar-refractivity contribution < 1.29 is 0 Å². The molecule has 2 aromatic rings. The van der Waals surface area contributed by atoms with E-state index < -0.39 is 0 Å². The molecule has 0 saturated heterocycles. The Morgan fingerprint density at radius 2 is 2.00 bits per heavy atom. The van der Waals surface area contributed by atoms with Crippen LogP contribution in [0.1, 0.15) is 18.2 Å². The smallest absolute Gasteiger partial charge is 0.255 e. The minimum atomic E-state index is -0.0959. The maximum absolute atomic E-state index is 11.8. The first-order valence-corrected chi connectivity index (χ1v) is 6.10. The van der Waals surface area contributed by atoms with Gasteiger partial charge >= 0.3 is 0 Å². The van der Waals surface area contributed by atoms with Crippen LogP contribution in [0.3, 0.4) is 0 Å². The zero-order chi connectivity index (χ0) is 13.1. The lowest BCUT2D eigenvalue weighted by Gasteiger charge is -2.08. The lowest BCUT2D eigenvalue weighted by molar-refractivity contribution is 0.967. The number of anilines is 2. The van der Waals surface area contributed by atoms with Crippen LogP contribution < -0.4 is 10.9 Å². The van der Waals surface area contributed by atoms with Gasteiger partial charge in [0.25, 0.3) is 5.56 Å². The first-order chi connectivity index (χ1) is 8.60. The van der Waals surface area contributed by atoms with Crippen molar-refractivity contribution in [2.24, 2.45) is 0 Å². The van der Waals surface area contributed by atoms with Crippen LogP contribution in [0.2, 0.25) is 5.02 Å². The summed E-state index contributed by atoms with van der Waals surface area (Å²) in [4.78, 5) is 18.8. The molecule has 2 N–H and O–H groups in total. The molecule has 94 valence electrons. The van der Waals surface area contributed by atoms with Crippen molar-refractivity contribution in [3.05, 3.63) is 50.9 Å². The third kappa shape index (κ3) is 2.71. The summed E-state index contributed by atoms with van der Waals surface area (Å²) in [5.41, 5.74) is 2.20. The summed E-state index contributed by atoms with van der Waals surface area (Å²) in [6.45, 7) is 3.77. The van der Waals surface area contributed by atoms with Crippen LogP contribution in [0, 0.1) is 6.92 Å². The standard InChI is InChI=1S/C13H14ClN3O/c1-3-11-8(2)15-13(17-12(11)18)16-10-6-4-9(14)5-7-10/h4-7H,3H2,1-2H3,(H2,15,16,17,18). The lowest BCUT2D eigenvalue weighted by Crippen LogP contribution is -2.17. The lowest BCUT2D eigenvalue weighted by atomic mass is 10.2. The summed E-state index contributed by atoms with van der Waals surface area (Å²) in [7, 11) is 0. The van der Waals surface area contributed by atoms with Crippen molar-refractivity contribution in [2.45, 2.75) is 20.3 Å². The molecule has 0 radical (unpaired) electrons. The SMILES string of the molecule is CCc1c(C)nc(Nc2ccc(Cl)cc2)[nH]c1=O. The molecular weight excluding hydrogens is 250 g/mol. The second kappa shape index (κ2) is 5.23. The van der Waals surface area contributed by atoms with Crippen molar-refractivity contribution in [2.75, 3.05) is 5.32 Å². The topological polar surface area (TPSA) is 57.8 Å². The highest BCUT2D eigenvalue weighted by Gasteiger charge is 2.06. The molecule has 1 aromatic heterocycles. The van der Waals surface area contributed by atoms with Crippen molar-refractivity contribution >= 4 is 23.2 Å². The number of H-pyrrole nitrogens is 1. The minimum Gasteiger partial charge on any atom is -0.326 e. The van der Waals surface area contributed by atoms with Gasteiger partial charge in [0.1, 0.15) is 0 Å². The van der Waals surface area contributed by atoms with Gasteiger partial charge in [0, 0.05) is 22.0 Å². The third-order valence-electron chi connectivity index (χ3n) is 2.68. The van der Waals surface area contributed by atoms with Crippen molar-refractivity contribution in [3.63, 3.8) is 0 Å². The van der Waals surface area contributed by atoms with Gasteiger partial charge in [-0.3, -0.25) is 9.78 Å². The number of benzene rings is 1. The van der Waals surface area contributed by atoms with E-state index in [4.69, 9.17) is 11.6 Å². The van der Waals surface area contributed by atoms with E-state index in [0.717, 1.165) is 16.9 Å². The van der Waals surface area contributed by atoms with Gasteiger partial charge in [-0.05, 0) is 37.6 Å². The van der Waals surface area contributed by atoms with Crippen LogP contribution in [0.5, 0.6) is 0 Å². The van der Waals surface area contributed by atoms with E-state index in [1.807, 2.05) is 26.0 Å². The molecule has 2 rings (SSSR count). The number of hydrogen-bond donors (Lipinski definition) is 2. The summed E-state index contributed by atoms with van der Waals surface area (Å²) >= 11 is 5.80. The van der Waals surface area contributed by atoms with Gasteiger partial charge in [-0.2, -0.15) is 0 Å². The van der Waals surface area contributed by atoms with Gasteiger partial charge in [0.15, 0.2) is 0 Å². The fourth-order valence-electron chi connectivity index (χ4n) is 1.76. The second-order valence-electron chi connectivity index (χ2n) is 3.96. The highest BCUT2D eigenvalue weighted by Crippen LogP contribution is 2.16. The Balaban J connectivity index is 2.30. The Kier molecular flexibility index (Phi) is 3.67. The number of aryl methyl sites for hydroxylation is 1. The third-order valence-corrected chi connectivity index (χ3v) is 2.93. The van der Waals surface area contributed by atoms with Crippen molar-refractivity contribution in [1.82, 2.24) is 9.97 Å². The Morgan fingerprint density at radius 1 is 1.33 bits per heavy atom. The molecule has 5 heteroatoms. The van der Waals surface area contributed by atoms with E-state index in [0.29, 0.717) is 17.4 Å². The highest BCUT2D eigenvalue weighted by atomic mass is 35.5. The fraction of sp³-hybridized carbons (Fsp3) is 0.231. The predicted octanol–water partition coefficient (Wildman–Crippen LogP) is 3.04. The van der Waals surface area contributed by atoms with E-state index in [9.17, 15) is 4.79 Å². The van der Waals surface area contributed by atoms with Crippen molar-refractivity contribution in [3.8, 4) is 0 Å². The van der Waals surface area contributed by atoms with Gasteiger partial charge in [-0.1, -0.05) is 18.5 Å². The quantitative estimate of drug-likeness (QED) is 0.895. The molecule has 0 fully saturated rings. The first-order valence-electron chi connectivity index (χ1n) is 5.72. The van der Waals surface area contributed by atoms with Crippen LogP contribution in [0.15, 0.2) is 29.1 Å². The molecule has 1 aromatic carbocycles. The maximum Gasteiger partial charge on any atom is 0.255 e. The van der Waals surface area contributed by atoms with Crippen LogP contribution in [-0.2, 0) is 6.42 Å². The number of nitrogens with zero attached hydrogens (tertiary/aromatic N) is 1. The Hall–Kier alpha value is -1.81. The largest absolute Gasteiger partial charge is 0.326 e. The normalized spacial score (nSPS) is 10.4.